The molecule has 0 aliphatic carbocycles. The Bertz CT molecular complexity index is 864. The van der Waals surface area contributed by atoms with Crippen LogP contribution in [0, 0.1) is 0 Å². The maximum absolute atomic E-state index is 13.2. The van der Waals surface area contributed by atoms with Crippen LogP contribution in [0.15, 0.2) is 36.4 Å². The number of benzene rings is 2. The predicted octanol–water partition coefficient (Wildman–Crippen LogP) is 2.61. The first-order chi connectivity index (χ1) is 11.8. The molecule has 1 aliphatic heterocycles. The molecule has 1 N–H and O–H groups in total. The normalized spacial score (nSPS) is 17.6. The monoisotopic (exact) mass is 374 g/mol. The van der Waals surface area contributed by atoms with Gasteiger partial charge in [0.2, 0.25) is 0 Å². The summed E-state index contributed by atoms with van der Waals surface area (Å²) in [7, 11) is -5.51. The molecule has 0 saturated carbocycles. The lowest BCUT2D eigenvalue weighted by atomic mass is 10.0. The number of halogens is 2. The molecule has 9 heteroatoms. The molecule has 0 amide bonds. The zero-order chi connectivity index (χ0) is 18.1. The molecule has 1 saturated heterocycles. The van der Waals surface area contributed by atoms with Gasteiger partial charge in [-0.2, -0.15) is 17.2 Å². The quantitative estimate of drug-likeness (QED) is 0.565. The van der Waals surface area contributed by atoms with Crippen LogP contribution in [0.25, 0.3) is 10.8 Å². The van der Waals surface area contributed by atoms with Crippen molar-refractivity contribution >= 4 is 20.9 Å². The molecule has 1 heterocycles. The lowest BCUT2D eigenvalue weighted by Crippen LogP contribution is -2.33. The first-order valence-electron chi connectivity index (χ1n) is 7.45. The van der Waals surface area contributed by atoms with Gasteiger partial charge in [-0.15, -0.1) is 0 Å². The predicted molar refractivity (Wildman–Crippen MR) is 85.3 cm³/mol. The summed E-state index contributed by atoms with van der Waals surface area (Å²) in [6.07, 6.45) is 0.108. The zero-order valence-corrected chi connectivity index (χ0v) is 13.8. The number of hydrogen-bond donors (Lipinski definition) is 1. The van der Waals surface area contributed by atoms with E-state index in [-0.39, 0.29) is 12.7 Å². The van der Waals surface area contributed by atoms with Gasteiger partial charge >= 0.3 is 15.4 Å². The Balaban J connectivity index is 1.72. The van der Waals surface area contributed by atoms with Crippen molar-refractivity contribution in [2.45, 2.75) is 18.0 Å². The van der Waals surface area contributed by atoms with E-state index in [1.165, 1.54) is 0 Å². The van der Waals surface area contributed by atoms with E-state index in [9.17, 15) is 17.2 Å². The standard InChI is InChI=1S/C16H16F2O6S/c17-16(18,25(19,20)21)10-22-7-12-3-1-2-11-4-5-13(6-15(11)12)23-8-14-9-24-14/h1-6,14H,7-10H2,(H,19,20,21). The van der Waals surface area contributed by atoms with Gasteiger partial charge < -0.3 is 14.2 Å². The molecule has 0 aromatic heterocycles. The topological polar surface area (TPSA) is 85.4 Å². The van der Waals surface area contributed by atoms with Gasteiger partial charge in [0.05, 0.1) is 13.2 Å². The Morgan fingerprint density at radius 1 is 1.28 bits per heavy atom. The molecule has 1 aliphatic rings. The number of rotatable bonds is 8. The largest absolute Gasteiger partial charge is 0.491 e. The molecule has 1 fully saturated rings. The Labute approximate surface area is 143 Å². The van der Waals surface area contributed by atoms with E-state index in [0.29, 0.717) is 24.5 Å². The van der Waals surface area contributed by atoms with E-state index < -0.39 is 22.0 Å². The highest BCUT2D eigenvalue weighted by molar-refractivity contribution is 7.86. The van der Waals surface area contributed by atoms with Crippen molar-refractivity contribution < 1.29 is 36.0 Å². The van der Waals surface area contributed by atoms with Crippen molar-refractivity contribution in [3.63, 3.8) is 0 Å². The minimum atomic E-state index is -5.51. The molecule has 2 aromatic rings. The highest BCUT2D eigenvalue weighted by Gasteiger charge is 2.44. The Hall–Kier alpha value is -1.81. The first-order valence-corrected chi connectivity index (χ1v) is 8.89. The van der Waals surface area contributed by atoms with E-state index in [0.717, 1.165) is 10.8 Å². The number of hydrogen-bond acceptors (Lipinski definition) is 5. The summed E-state index contributed by atoms with van der Waals surface area (Å²) < 4.78 is 71.5. The second-order valence-corrected chi connectivity index (χ2v) is 7.22. The second-order valence-electron chi connectivity index (χ2n) is 5.67. The Morgan fingerprint density at radius 2 is 2.04 bits per heavy atom. The summed E-state index contributed by atoms with van der Waals surface area (Å²) in [5.41, 5.74) is 0.594. The molecule has 0 spiro atoms. The van der Waals surface area contributed by atoms with Crippen LogP contribution in [-0.4, -0.2) is 44.1 Å². The smallest absolute Gasteiger partial charge is 0.392 e. The number of ether oxygens (including phenoxy) is 3. The molecule has 25 heavy (non-hydrogen) atoms. The first kappa shape index (κ1) is 18.0. The third-order valence-electron chi connectivity index (χ3n) is 3.69. The molecule has 3 rings (SSSR count). The third kappa shape index (κ3) is 4.43. The average molecular weight is 374 g/mol. The van der Waals surface area contributed by atoms with Crippen LogP contribution >= 0.6 is 0 Å². The molecule has 0 radical (unpaired) electrons. The van der Waals surface area contributed by atoms with Crippen molar-refractivity contribution in [2.75, 3.05) is 19.8 Å². The SMILES string of the molecule is O=S(=O)(O)C(F)(F)COCc1cccc2ccc(OCC3CO3)cc12. The molecule has 1 atom stereocenters. The fraction of sp³-hybridized carbons (Fsp3) is 0.375. The van der Waals surface area contributed by atoms with Gasteiger partial charge in [-0.05, 0) is 28.5 Å². The summed E-state index contributed by atoms with van der Waals surface area (Å²) in [5, 5.41) is -2.75. The van der Waals surface area contributed by atoms with Gasteiger partial charge in [-0.25, -0.2) is 0 Å². The molecule has 2 aromatic carbocycles. The Kier molecular flexibility index (Phi) is 4.92. The van der Waals surface area contributed by atoms with Gasteiger partial charge in [0, 0.05) is 0 Å². The van der Waals surface area contributed by atoms with E-state index >= 15 is 0 Å². The summed E-state index contributed by atoms with van der Waals surface area (Å²) in [6.45, 7) is -0.561. The maximum atomic E-state index is 13.2. The van der Waals surface area contributed by atoms with Gasteiger partial charge in [0.25, 0.3) is 0 Å². The van der Waals surface area contributed by atoms with Crippen molar-refractivity contribution in [3.8, 4) is 5.75 Å². The maximum Gasteiger partial charge on any atom is 0.392 e. The number of epoxide rings is 1. The van der Waals surface area contributed by atoms with Crippen molar-refractivity contribution in [2.24, 2.45) is 0 Å². The summed E-state index contributed by atoms with van der Waals surface area (Å²) >= 11 is 0. The van der Waals surface area contributed by atoms with Gasteiger partial charge in [0.15, 0.2) is 0 Å². The van der Waals surface area contributed by atoms with Crippen LogP contribution in [0.5, 0.6) is 5.75 Å². The number of fused-ring (bicyclic) bond motifs is 1. The third-order valence-corrected chi connectivity index (χ3v) is 4.56. The van der Waals surface area contributed by atoms with Crippen LogP contribution in [0.2, 0.25) is 0 Å². The highest BCUT2D eigenvalue weighted by atomic mass is 32.2. The molecular weight excluding hydrogens is 358 g/mol. The summed E-state index contributed by atoms with van der Waals surface area (Å²) in [5.74, 6) is 0.610. The lowest BCUT2D eigenvalue weighted by molar-refractivity contribution is -0.0262. The van der Waals surface area contributed by atoms with Crippen LogP contribution in [0.4, 0.5) is 8.78 Å². The molecule has 1 unspecified atom stereocenters. The second kappa shape index (κ2) is 6.83. The molecule has 0 bridgehead atoms. The number of alkyl halides is 2. The van der Waals surface area contributed by atoms with Crippen LogP contribution in [0.3, 0.4) is 0 Å². The van der Waals surface area contributed by atoms with Gasteiger partial charge in [-0.1, -0.05) is 24.3 Å². The summed E-state index contributed by atoms with van der Waals surface area (Å²) in [4.78, 5) is 0. The van der Waals surface area contributed by atoms with Gasteiger partial charge in [-0.3, -0.25) is 4.55 Å². The Morgan fingerprint density at radius 3 is 2.72 bits per heavy atom. The highest BCUT2D eigenvalue weighted by Crippen LogP contribution is 2.27. The van der Waals surface area contributed by atoms with Crippen molar-refractivity contribution in [3.05, 3.63) is 42.0 Å². The molecule has 136 valence electrons. The van der Waals surface area contributed by atoms with E-state index in [4.69, 9.17) is 18.8 Å². The van der Waals surface area contributed by atoms with Gasteiger partial charge in [0.1, 0.15) is 25.1 Å². The molecule has 6 nitrogen and oxygen atoms in total. The fourth-order valence-corrected chi connectivity index (χ4v) is 2.47. The van der Waals surface area contributed by atoms with Crippen molar-refractivity contribution in [1.29, 1.82) is 0 Å². The summed E-state index contributed by atoms with van der Waals surface area (Å²) in [6, 6.07) is 10.6. The van der Waals surface area contributed by atoms with Crippen LogP contribution in [0.1, 0.15) is 5.56 Å². The van der Waals surface area contributed by atoms with Crippen LogP contribution < -0.4 is 4.74 Å². The zero-order valence-electron chi connectivity index (χ0n) is 13.0. The van der Waals surface area contributed by atoms with E-state index in [1.807, 2.05) is 12.1 Å². The minimum Gasteiger partial charge on any atom is -0.491 e. The fourth-order valence-electron chi connectivity index (χ4n) is 2.24. The van der Waals surface area contributed by atoms with E-state index in [2.05, 4.69) is 0 Å². The van der Waals surface area contributed by atoms with Crippen molar-refractivity contribution in [1.82, 2.24) is 0 Å². The average Bonchev–Trinajstić information content (AvgIpc) is 3.36. The molecular formula is C16H16F2O6S. The van der Waals surface area contributed by atoms with E-state index in [1.54, 1.807) is 24.3 Å². The minimum absolute atomic E-state index is 0.108. The lowest BCUT2D eigenvalue weighted by Gasteiger charge is -2.14. The van der Waals surface area contributed by atoms with Crippen LogP contribution in [-0.2, 0) is 26.2 Å².